The second-order valence-electron chi connectivity index (χ2n) is 4.32. The molecule has 0 saturated carbocycles. The maximum atomic E-state index is 12.6. The predicted molar refractivity (Wildman–Crippen MR) is 85.9 cm³/mol. The lowest BCUT2D eigenvalue weighted by atomic mass is 10.0. The van der Waals surface area contributed by atoms with Crippen molar-refractivity contribution in [3.63, 3.8) is 0 Å². The number of hydrogen-bond acceptors (Lipinski definition) is 1. The molecule has 3 aromatic rings. The summed E-state index contributed by atoms with van der Waals surface area (Å²) in [6, 6.07) is 10.7. The molecule has 0 atom stereocenters. The SMILES string of the molecule is O=C(c1c(Cl)cccc1Cl)c1c[nH]c2cc(Br)ccc12. The van der Waals surface area contributed by atoms with E-state index in [-0.39, 0.29) is 5.78 Å². The first-order chi connectivity index (χ1) is 9.58. The van der Waals surface area contributed by atoms with Crippen LogP contribution in [-0.4, -0.2) is 10.8 Å². The number of carbonyl (C=O) groups excluding carboxylic acids is 1. The highest BCUT2D eigenvalue weighted by Gasteiger charge is 2.19. The number of fused-ring (bicyclic) bond motifs is 1. The fourth-order valence-corrected chi connectivity index (χ4v) is 3.07. The lowest BCUT2D eigenvalue weighted by Crippen LogP contribution is -2.02. The monoisotopic (exact) mass is 367 g/mol. The minimum atomic E-state index is -0.186. The summed E-state index contributed by atoms with van der Waals surface area (Å²) in [4.78, 5) is 15.7. The van der Waals surface area contributed by atoms with Gasteiger partial charge in [0.15, 0.2) is 5.78 Å². The molecule has 100 valence electrons. The van der Waals surface area contributed by atoms with Gasteiger partial charge < -0.3 is 4.98 Å². The van der Waals surface area contributed by atoms with Gasteiger partial charge in [0.25, 0.3) is 0 Å². The summed E-state index contributed by atoms with van der Waals surface area (Å²) >= 11 is 15.6. The van der Waals surface area contributed by atoms with Crippen molar-refractivity contribution in [3.8, 4) is 0 Å². The summed E-state index contributed by atoms with van der Waals surface area (Å²) in [6.07, 6.45) is 1.68. The Morgan fingerprint density at radius 3 is 2.50 bits per heavy atom. The van der Waals surface area contributed by atoms with Gasteiger partial charge in [-0.25, -0.2) is 0 Å². The van der Waals surface area contributed by atoms with Gasteiger partial charge in [0.05, 0.1) is 15.6 Å². The third-order valence-corrected chi connectivity index (χ3v) is 4.20. The van der Waals surface area contributed by atoms with Gasteiger partial charge >= 0.3 is 0 Å². The van der Waals surface area contributed by atoms with Gasteiger partial charge in [-0.3, -0.25) is 4.79 Å². The van der Waals surface area contributed by atoms with E-state index in [1.54, 1.807) is 24.4 Å². The maximum Gasteiger partial charge on any atom is 0.198 e. The third-order valence-electron chi connectivity index (χ3n) is 3.08. The summed E-state index contributed by atoms with van der Waals surface area (Å²) < 4.78 is 0.946. The highest BCUT2D eigenvalue weighted by Crippen LogP contribution is 2.30. The Labute approximate surface area is 133 Å². The molecule has 0 unspecified atom stereocenters. The van der Waals surface area contributed by atoms with Crippen LogP contribution >= 0.6 is 39.1 Å². The molecule has 2 nitrogen and oxygen atoms in total. The second-order valence-corrected chi connectivity index (χ2v) is 6.05. The summed E-state index contributed by atoms with van der Waals surface area (Å²) in [5.41, 5.74) is 1.77. The first-order valence-corrected chi connectivity index (χ1v) is 7.38. The van der Waals surface area contributed by atoms with Gasteiger partial charge in [-0.2, -0.15) is 0 Å². The molecule has 0 aliphatic heterocycles. The first kappa shape index (κ1) is 13.7. The number of hydrogen-bond donors (Lipinski definition) is 1. The zero-order chi connectivity index (χ0) is 14.3. The predicted octanol–water partition coefficient (Wildman–Crippen LogP) is 5.47. The van der Waals surface area contributed by atoms with Crippen LogP contribution in [0.25, 0.3) is 10.9 Å². The van der Waals surface area contributed by atoms with Gasteiger partial charge in [-0.1, -0.05) is 51.3 Å². The molecule has 2 aromatic carbocycles. The number of aromatic amines is 1. The Bertz CT molecular complexity index is 806. The van der Waals surface area contributed by atoms with E-state index >= 15 is 0 Å². The molecule has 1 aromatic heterocycles. The molecule has 0 spiro atoms. The van der Waals surface area contributed by atoms with Crippen LogP contribution in [0.5, 0.6) is 0 Å². The molecule has 0 saturated heterocycles. The zero-order valence-corrected chi connectivity index (χ0v) is 13.2. The van der Waals surface area contributed by atoms with Crippen LogP contribution in [0.3, 0.4) is 0 Å². The summed E-state index contributed by atoms with van der Waals surface area (Å²) in [6.45, 7) is 0. The molecule has 0 amide bonds. The van der Waals surface area contributed by atoms with Crippen LogP contribution in [0.2, 0.25) is 10.0 Å². The minimum absolute atomic E-state index is 0.186. The van der Waals surface area contributed by atoms with Gasteiger partial charge in [0, 0.05) is 27.1 Å². The molecule has 0 radical (unpaired) electrons. The van der Waals surface area contributed by atoms with Gasteiger partial charge in [-0.05, 0) is 24.3 Å². The van der Waals surface area contributed by atoms with Crippen molar-refractivity contribution in [2.75, 3.05) is 0 Å². The number of nitrogens with one attached hydrogen (secondary N) is 1. The Balaban J connectivity index is 2.18. The van der Waals surface area contributed by atoms with Crippen LogP contribution in [-0.2, 0) is 0 Å². The minimum Gasteiger partial charge on any atom is -0.360 e. The van der Waals surface area contributed by atoms with E-state index in [9.17, 15) is 4.79 Å². The molecular weight excluding hydrogens is 361 g/mol. The summed E-state index contributed by atoms with van der Waals surface area (Å²) in [5.74, 6) is -0.186. The largest absolute Gasteiger partial charge is 0.360 e. The average molecular weight is 369 g/mol. The van der Waals surface area contributed by atoms with Crippen LogP contribution in [0, 0.1) is 0 Å². The molecular formula is C15H8BrCl2NO. The van der Waals surface area contributed by atoms with E-state index in [4.69, 9.17) is 23.2 Å². The van der Waals surface area contributed by atoms with E-state index in [0.29, 0.717) is 21.2 Å². The van der Waals surface area contributed by atoms with E-state index < -0.39 is 0 Å². The standard InChI is InChI=1S/C15H8BrCl2NO/c16-8-4-5-9-10(7-19-13(9)6-8)15(20)14-11(17)2-1-3-12(14)18/h1-7,19H. The molecule has 1 heterocycles. The summed E-state index contributed by atoms with van der Waals surface area (Å²) in [7, 11) is 0. The lowest BCUT2D eigenvalue weighted by Gasteiger charge is -2.05. The summed E-state index contributed by atoms with van der Waals surface area (Å²) in [5, 5.41) is 1.55. The van der Waals surface area contributed by atoms with E-state index in [1.807, 2.05) is 18.2 Å². The molecule has 0 fully saturated rings. The highest BCUT2D eigenvalue weighted by molar-refractivity contribution is 9.10. The average Bonchev–Trinajstić information content (AvgIpc) is 2.81. The Kier molecular flexibility index (Phi) is 3.59. The number of rotatable bonds is 2. The Morgan fingerprint density at radius 2 is 1.80 bits per heavy atom. The number of halogens is 3. The van der Waals surface area contributed by atoms with Crippen molar-refractivity contribution in [1.82, 2.24) is 4.98 Å². The van der Waals surface area contributed by atoms with Crippen LogP contribution in [0.1, 0.15) is 15.9 Å². The highest BCUT2D eigenvalue weighted by atomic mass is 79.9. The van der Waals surface area contributed by atoms with Crippen LogP contribution in [0.15, 0.2) is 47.1 Å². The fraction of sp³-hybridized carbons (Fsp3) is 0. The number of ketones is 1. The lowest BCUT2D eigenvalue weighted by molar-refractivity contribution is 0.104. The molecule has 20 heavy (non-hydrogen) atoms. The van der Waals surface area contributed by atoms with Crippen molar-refractivity contribution in [2.45, 2.75) is 0 Å². The van der Waals surface area contributed by atoms with Gasteiger partial charge in [-0.15, -0.1) is 0 Å². The zero-order valence-electron chi connectivity index (χ0n) is 10.1. The van der Waals surface area contributed by atoms with Crippen molar-refractivity contribution in [3.05, 3.63) is 68.2 Å². The molecule has 0 aliphatic rings. The molecule has 5 heteroatoms. The number of carbonyl (C=O) groups is 1. The second kappa shape index (κ2) is 5.24. The van der Waals surface area contributed by atoms with Crippen molar-refractivity contribution in [2.24, 2.45) is 0 Å². The van der Waals surface area contributed by atoms with Crippen LogP contribution in [0.4, 0.5) is 0 Å². The van der Waals surface area contributed by atoms with E-state index in [2.05, 4.69) is 20.9 Å². The van der Waals surface area contributed by atoms with E-state index in [1.165, 1.54) is 0 Å². The number of H-pyrrole nitrogens is 1. The molecule has 0 bridgehead atoms. The van der Waals surface area contributed by atoms with Crippen molar-refractivity contribution >= 4 is 55.8 Å². The topological polar surface area (TPSA) is 32.9 Å². The van der Waals surface area contributed by atoms with Crippen molar-refractivity contribution in [1.29, 1.82) is 0 Å². The molecule has 0 aliphatic carbocycles. The van der Waals surface area contributed by atoms with E-state index in [0.717, 1.165) is 15.4 Å². The fourth-order valence-electron chi connectivity index (χ4n) is 2.14. The van der Waals surface area contributed by atoms with Gasteiger partial charge in [0.1, 0.15) is 0 Å². The molecule has 1 N–H and O–H groups in total. The first-order valence-electron chi connectivity index (χ1n) is 5.83. The van der Waals surface area contributed by atoms with Gasteiger partial charge in [0.2, 0.25) is 0 Å². The maximum absolute atomic E-state index is 12.6. The molecule has 3 rings (SSSR count). The normalized spacial score (nSPS) is 10.9. The number of aromatic nitrogens is 1. The quantitative estimate of drug-likeness (QED) is 0.598. The smallest absolute Gasteiger partial charge is 0.198 e. The number of benzene rings is 2. The Morgan fingerprint density at radius 1 is 1.10 bits per heavy atom. The Hall–Kier alpha value is -1.29. The van der Waals surface area contributed by atoms with Crippen molar-refractivity contribution < 1.29 is 4.79 Å². The van der Waals surface area contributed by atoms with Crippen LogP contribution < -0.4 is 0 Å². The third kappa shape index (κ3) is 2.26.